The Labute approximate surface area is 126 Å². The second kappa shape index (κ2) is 7.30. The Balaban J connectivity index is 2.83. The zero-order valence-electron chi connectivity index (χ0n) is 12.7. The predicted octanol–water partition coefficient (Wildman–Crippen LogP) is 4.93. The van der Waals surface area contributed by atoms with Crippen LogP contribution in [-0.2, 0) is 0 Å². The van der Waals surface area contributed by atoms with Gasteiger partial charge in [-0.25, -0.2) is 0 Å². The number of hydrogen-bond donors (Lipinski definition) is 1. The van der Waals surface area contributed by atoms with Crippen molar-refractivity contribution in [2.24, 2.45) is 5.41 Å². The first-order chi connectivity index (χ1) is 8.87. The average molecular weight is 328 g/mol. The van der Waals surface area contributed by atoms with E-state index in [-0.39, 0.29) is 0 Å². The summed E-state index contributed by atoms with van der Waals surface area (Å²) in [5.41, 5.74) is 1.69. The number of methoxy groups -OCH3 is 1. The number of nitrogens with one attached hydrogen (secondary N) is 1. The Morgan fingerprint density at radius 3 is 2.47 bits per heavy atom. The van der Waals surface area contributed by atoms with Gasteiger partial charge in [0.25, 0.3) is 0 Å². The zero-order chi connectivity index (χ0) is 14.5. The molecular formula is C16H26BrNO. The van der Waals surface area contributed by atoms with Crippen molar-refractivity contribution < 1.29 is 4.74 Å². The highest BCUT2D eigenvalue weighted by molar-refractivity contribution is 9.10. The van der Waals surface area contributed by atoms with Gasteiger partial charge in [-0.3, -0.25) is 0 Å². The van der Waals surface area contributed by atoms with Gasteiger partial charge in [0, 0.05) is 6.04 Å². The molecule has 108 valence electrons. The van der Waals surface area contributed by atoms with Crippen molar-refractivity contribution in [3.63, 3.8) is 0 Å². The van der Waals surface area contributed by atoms with E-state index in [0.717, 1.165) is 23.2 Å². The van der Waals surface area contributed by atoms with E-state index in [4.69, 9.17) is 4.74 Å². The highest BCUT2D eigenvalue weighted by atomic mass is 79.9. The van der Waals surface area contributed by atoms with Crippen LogP contribution >= 0.6 is 15.9 Å². The van der Waals surface area contributed by atoms with Gasteiger partial charge >= 0.3 is 0 Å². The molecule has 0 aliphatic rings. The largest absolute Gasteiger partial charge is 0.496 e. The van der Waals surface area contributed by atoms with Gasteiger partial charge in [-0.1, -0.05) is 33.8 Å². The van der Waals surface area contributed by atoms with Crippen LogP contribution in [0.2, 0.25) is 0 Å². The van der Waals surface area contributed by atoms with E-state index in [1.54, 1.807) is 7.11 Å². The minimum absolute atomic E-state index is 0.372. The molecule has 2 nitrogen and oxygen atoms in total. The molecule has 0 aromatic heterocycles. The molecule has 1 aromatic rings. The molecule has 19 heavy (non-hydrogen) atoms. The predicted molar refractivity (Wildman–Crippen MR) is 85.8 cm³/mol. The number of halogens is 1. The summed E-state index contributed by atoms with van der Waals surface area (Å²) in [6.45, 7) is 10.0. The maximum absolute atomic E-state index is 5.29. The van der Waals surface area contributed by atoms with E-state index < -0.39 is 0 Å². The SMILES string of the molecule is CCNC(CCC(C)(C)C)c1ccc(OC)c(Br)c1. The summed E-state index contributed by atoms with van der Waals surface area (Å²) < 4.78 is 6.31. The Kier molecular flexibility index (Phi) is 6.34. The lowest BCUT2D eigenvalue weighted by Crippen LogP contribution is -2.22. The van der Waals surface area contributed by atoms with Gasteiger partial charge in [0.1, 0.15) is 5.75 Å². The smallest absolute Gasteiger partial charge is 0.133 e. The fraction of sp³-hybridized carbons (Fsp3) is 0.625. The number of hydrogen-bond acceptors (Lipinski definition) is 2. The van der Waals surface area contributed by atoms with Crippen molar-refractivity contribution in [3.8, 4) is 5.75 Å². The van der Waals surface area contributed by atoms with Crippen LogP contribution in [0, 0.1) is 5.41 Å². The van der Waals surface area contributed by atoms with Gasteiger partial charge < -0.3 is 10.1 Å². The van der Waals surface area contributed by atoms with Crippen molar-refractivity contribution >= 4 is 15.9 Å². The molecule has 0 amide bonds. The maximum Gasteiger partial charge on any atom is 0.133 e. The number of benzene rings is 1. The van der Waals surface area contributed by atoms with Crippen molar-refractivity contribution in [3.05, 3.63) is 28.2 Å². The molecule has 0 saturated heterocycles. The number of ether oxygens (including phenoxy) is 1. The van der Waals surface area contributed by atoms with Crippen molar-refractivity contribution in [1.82, 2.24) is 5.32 Å². The third kappa shape index (κ3) is 5.53. The first-order valence-corrected chi connectivity index (χ1v) is 7.73. The van der Waals surface area contributed by atoms with Crippen LogP contribution in [0.3, 0.4) is 0 Å². The Morgan fingerprint density at radius 1 is 1.32 bits per heavy atom. The highest BCUT2D eigenvalue weighted by Gasteiger charge is 2.17. The molecular weight excluding hydrogens is 302 g/mol. The van der Waals surface area contributed by atoms with Crippen molar-refractivity contribution in [2.45, 2.75) is 46.6 Å². The molecule has 0 aliphatic heterocycles. The topological polar surface area (TPSA) is 21.3 Å². The van der Waals surface area contributed by atoms with Crippen molar-refractivity contribution in [2.75, 3.05) is 13.7 Å². The molecule has 1 rings (SSSR count). The molecule has 0 aliphatic carbocycles. The van der Waals surface area contributed by atoms with Gasteiger partial charge in [-0.2, -0.15) is 0 Å². The van der Waals surface area contributed by atoms with Crippen molar-refractivity contribution in [1.29, 1.82) is 0 Å². The van der Waals surface area contributed by atoms with Crippen LogP contribution in [0.15, 0.2) is 22.7 Å². The molecule has 1 unspecified atom stereocenters. The van der Waals surface area contributed by atoms with Gasteiger partial charge in [0.15, 0.2) is 0 Å². The molecule has 0 heterocycles. The summed E-state index contributed by atoms with van der Waals surface area (Å²) in [6.07, 6.45) is 2.35. The molecule has 1 aromatic carbocycles. The first kappa shape index (κ1) is 16.5. The van der Waals surface area contributed by atoms with Crippen LogP contribution in [0.25, 0.3) is 0 Å². The van der Waals surface area contributed by atoms with E-state index in [1.807, 2.05) is 6.07 Å². The standard InChI is InChI=1S/C16H26BrNO/c1-6-18-14(9-10-16(2,3)4)12-7-8-15(19-5)13(17)11-12/h7-8,11,14,18H,6,9-10H2,1-5H3. The molecule has 0 radical (unpaired) electrons. The van der Waals surface area contributed by atoms with E-state index in [9.17, 15) is 0 Å². The maximum atomic E-state index is 5.29. The normalized spacial score (nSPS) is 13.4. The van der Waals surface area contributed by atoms with Crippen LogP contribution < -0.4 is 10.1 Å². The fourth-order valence-corrected chi connectivity index (χ4v) is 2.67. The molecule has 0 bridgehead atoms. The van der Waals surface area contributed by atoms with Gasteiger partial charge in [0.05, 0.1) is 11.6 Å². The molecule has 0 saturated carbocycles. The summed E-state index contributed by atoms with van der Waals surface area (Å²) >= 11 is 3.56. The third-order valence-corrected chi connectivity index (χ3v) is 3.83. The minimum atomic E-state index is 0.372. The van der Waals surface area contributed by atoms with E-state index >= 15 is 0 Å². The average Bonchev–Trinajstić information content (AvgIpc) is 2.33. The molecule has 0 spiro atoms. The summed E-state index contributed by atoms with van der Waals surface area (Å²) in [5, 5.41) is 3.57. The lowest BCUT2D eigenvalue weighted by Gasteiger charge is -2.24. The van der Waals surface area contributed by atoms with E-state index in [0.29, 0.717) is 11.5 Å². The summed E-state index contributed by atoms with van der Waals surface area (Å²) in [7, 11) is 1.70. The monoisotopic (exact) mass is 327 g/mol. The lowest BCUT2D eigenvalue weighted by atomic mass is 9.87. The Hall–Kier alpha value is -0.540. The van der Waals surface area contributed by atoms with Gasteiger partial charge in [-0.15, -0.1) is 0 Å². The first-order valence-electron chi connectivity index (χ1n) is 6.94. The lowest BCUT2D eigenvalue weighted by molar-refractivity contribution is 0.333. The molecule has 3 heteroatoms. The molecule has 1 atom stereocenters. The summed E-state index contributed by atoms with van der Waals surface area (Å²) in [6, 6.07) is 6.75. The van der Waals surface area contributed by atoms with Crippen LogP contribution in [0.1, 0.15) is 52.1 Å². The Morgan fingerprint density at radius 2 is 2.00 bits per heavy atom. The quantitative estimate of drug-likeness (QED) is 0.799. The molecule has 1 N–H and O–H groups in total. The summed E-state index contributed by atoms with van der Waals surface area (Å²) in [5.74, 6) is 0.884. The highest BCUT2D eigenvalue weighted by Crippen LogP contribution is 2.32. The third-order valence-electron chi connectivity index (χ3n) is 3.21. The van der Waals surface area contributed by atoms with Crippen LogP contribution in [0.4, 0.5) is 0 Å². The van der Waals surface area contributed by atoms with Crippen LogP contribution in [0.5, 0.6) is 5.75 Å². The second-order valence-corrected chi connectivity index (χ2v) is 6.96. The van der Waals surface area contributed by atoms with Gasteiger partial charge in [0.2, 0.25) is 0 Å². The second-order valence-electron chi connectivity index (χ2n) is 6.10. The fourth-order valence-electron chi connectivity index (χ4n) is 2.11. The van der Waals surface area contributed by atoms with Crippen LogP contribution in [-0.4, -0.2) is 13.7 Å². The zero-order valence-corrected chi connectivity index (χ0v) is 14.3. The summed E-state index contributed by atoms with van der Waals surface area (Å²) in [4.78, 5) is 0. The molecule has 0 fully saturated rings. The minimum Gasteiger partial charge on any atom is -0.496 e. The van der Waals surface area contributed by atoms with E-state index in [1.165, 1.54) is 12.0 Å². The Bertz CT molecular complexity index is 398. The van der Waals surface area contributed by atoms with Gasteiger partial charge in [-0.05, 0) is 58.4 Å². The van der Waals surface area contributed by atoms with E-state index in [2.05, 4.69) is 61.1 Å². The number of rotatable bonds is 6.